The lowest BCUT2D eigenvalue weighted by Gasteiger charge is -2.30. The van der Waals surface area contributed by atoms with E-state index >= 15 is 0 Å². The highest BCUT2D eigenvalue weighted by molar-refractivity contribution is 5.82. The average Bonchev–Trinajstić information content (AvgIpc) is 2.71. The van der Waals surface area contributed by atoms with Gasteiger partial charge in [-0.3, -0.25) is 4.79 Å². The van der Waals surface area contributed by atoms with Crippen molar-refractivity contribution < 1.29 is 4.79 Å². The molecule has 0 spiro atoms. The van der Waals surface area contributed by atoms with Crippen molar-refractivity contribution in [3.05, 3.63) is 35.4 Å². The van der Waals surface area contributed by atoms with Crippen LogP contribution < -0.4 is 5.32 Å². The zero-order chi connectivity index (χ0) is 13.9. The van der Waals surface area contributed by atoms with E-state index in [9.17, 15) is 4.79 Å². The van der Waals surface area contributed by atoms with E-state index in [1.165, 1.54) is 11.1 Å². The van der Waals surface area contributed by atoms with Crippen molar-refractivity contribution in [1.82, 2.24) is 15.1 Å². The number of rotatable bonds is 1. The lowest BCUT2D eigenvalue weighted by Crippen LogP contribution is -2.50. The van der Waals surface area contributed by atoms with Gasteiger partial charge < -0.3 is 15.1 Å². The normalized spacial score (nSPS) is 24.1. The van der Waals surface area contributed by atoms with E-state index in [1.54, 1.807) is 0 Å². The number of benzene rings is 1. The van der Waals surface area contributed by atoms with E-state index in [0.29, 0.717) is 0 Å². The number of fused-ring (bicyclic) bond motifs is 1. The van der Waals surface area contributed by atoms with Crippen LogP contribution in [0.2, 0.25) is 0 Å². The van der Waals surface area contributed by atoms with Gasteiger partial charge in [-0.15, -0.1) is 0 Å². The summed E-state index contributed by atoms with van der Waals surface area (Å²) in [6.45, 7) is 4.62. The highest BCUT2D eigenvalue weighted by Crippen LogP contribution is 2.17. The Morgan fingerprint density at radius 1 is 1.15 bits per heavy atom. The second kappa shape index (κ2) is 5.94. The van der Waals surface area contributed by atoms with Crippen LogP contribution in [-0.2, 0) is 17.8 Å². The Kier molecular flexibility index (Phi) is 4.03. The molecule has 0 aromatic heterocycles. The van der Waals surface area contributed by atoms with Crippen molar-refractivity contribution in [1.29, 1.82) is 0 Å². The Morgan fingerprint density at radius 3 is 2.80 bits per heavy atom. The SMILES string of the molecule is CN1CCCN(C(=O)C2Cc3ccccc3CN2)CC1. The highest BCUT2D eigenvalue weighted by Gasteiger charge is 2.28. The summed E-state index contributed by atoms with van der Waals surface area (Å²) in [4.78, 5) is 17.0. The number of hydrogen-bond acceptors (Lipinski definition) is 3. The average molecular weight is 273 g/mol. The van der Waals surface area contributed by atoms with Gasteiger partial charge in [0, 0.05) is 26.2 Å². The van der Waals surface area contributed by atoms with E-state index in [4.69, 9.17) is 0 Å². The fourth-order valence-corrected chi connectivity index (χ4v) is 3.12. The minimum Gasteiger partial charge on any atom is -0.340 e. The molecule has 2 aliphatic heterocycles. The molecule has 1 unspecified atom stereocenters. The zero-order valence-electron chi connectivity index (χ0n) is 12.1. The largest absolute Gasteiger partial charge is 0.340 e. The highest BCUT2D eigenvalue weighted by atomic mass is 16.2. The van der Waals surface area contributed by atoms with E-state index in [0.717, 1.165) is 45.6 Å². The quantitative estimate of drug-likeness (QED) is 0.824. The topological polar surface area (TPSA) is 35.6 Å². The first kappa shape index (κ1) is 13.6. The fourth-order valence-electron chi connectivity index (χ4n) is 3.12. The van der Waals surface area contributed by atoms with E-state index in [2.05, 4.69) is 41.5 Å². The van der Waals surface area contributed by atoms with Gasteiger partial charge in [0.25, 0.3) is 0 Å². The molecular formula is C16H23N3O. The third-order valence-electron chi connectivity index (χ3n) is 4.41. The van der Waals surface area contributed by atoms with Gasteiger partial charge in [0.1, 0.15) is 0 Å². The van der Waals surface area contributed by atoms with Gasteiger partial charge >= 0.3 is 0 Å². The fraction of sp³-hybridized carbons (Fsp3) is 0.562. The van der Waals surface area contributed by atoms with Crippen LogP contribution in [0.4, 0.5) is 0 Å². The minimum atomic E-state index is -0.0479. The number of likely N-dealkylation sites (N-methyl/N-ethyl adjacent to an activating group) is 1. The van der Waals surface area contributed by atoms with Gasteiger partial charge in [-0.05, 0) is 37.6 Å². The van der Waals surface area contributed by atoms with Gasteiger partial charge in [0.15, 0.2) is 0 Å². The molecule has 2 aliphatic rings. The molecule has 1 amide bonds. The van der Waals surface area contributed by atoms with Gasteiger partial charge in [-0.1, -0.05) is 24.3 Å². The summed E-state index contributed by atoms with van der Waals surface area (Å²) in [6.07, 6.45) is 1.90. The summed E-state index contributed by atoms with van der Waals surface area (Å²) < 4.78 is 0. The molecular weight excluding hydrogens is 250 g/mol. The van der Waals surface area contributed by atoms with Crippen molar-refractivity contribution in [3.8, 4) is 0 Å². The van der Waals surface area contributed by atoms with Crippen LogP contribution in [0.1, 0.15) is 17.5 Å². The summed E-state index contributed by atoms with van der Waals surface area (Å²) in [6, 6.07) is 8.37. The maximum Gasteiger partial charge on any atom is 0.240 e. The number of carbonyl (C=O) groups excluding carboxylic acids is 1. The Bertz CT molecular complexity index is 488. The Morgan fingerprint density at radius 2 is 1.95 bits per heavy atom. The first-order valence-corrected chi connectivity index (χ1v) is 7.51. The maximum absolute atomic E-state index is 12.7. The first-order valence-electron chi connectivity index (χ1n) is 7.51. The third-order valence-corrected chi connectivity index (χ3v) is 4.41. The predicted octanol–water partition coefficient (Wildman–Crippen LogP) is 0.865. The first-order chi connectivity index (χ1) is 9.74. The Labute approximate surface area is 120 Å². The third kappa shape index (κ3) is 2.86. The van der Waals surface area contributed by atoms with Crippen LogP contribution in [0.3, 0.4) is 0 Å². The molecule has 0 saturated carbocycles. The number of nitrogens with zero attached hydrogens (tertiary/aromatic N) is 2. The number of nitrogens with one attached hydrogen (secondary N) is 1. The van der Waals surface area contributed by atoms with Crippen LogP contribution in [0.5, 0.6) is 0 Å². The predicted molar refractivity (Wildman–Crippen MR) is 79.5 cm³/mol. The lowest BCUT2D eigenvalue weighted by molar-refractivity contribution is -0.133. The van der Waals surface area contributed by atoms with Crippen molar-refractivity contribution in [2.24, 2.45) is 0 Å². The molecule has 20 heavy (non-hydrogen) atoms. The van der Waals surface area contributed by atoms with Crippen molar-refractivity contribution >= 4 is 5.91 Å². The van der Waals surface area contributed by atoms with Crippen molar-refractivity contribution in [3.63, 3.8) is 0 Å². The number of amides is 1. The van der Waals surface area contributed by atoms with Crippen molar-refractivity contribution in [2.45, 2.75) is 25.4 Å². The van der Waals surface area contributed by atoms with E-state index in [-0.39, 0.29) is 11.9 Å². The summed E-state index contributed by atoms with van der Waals surface area (Å²) in [5, 5.41) is 3.40. The van der Waals surface area contributed by atoms with Crippen LogP contribution in [0, 0.1) is 0 Å². The second-order valence-corrected chi connectivity index (χ2v) is 5.89. The Hall–Kier alpha value is -1.39. The second-order valence-electron chi connectivity index (χ2n) is 5.89. The minimum absolute atomic E-state index is 0.0479. The molecule has 0 aliphatic carbocycles. The molecule has 1 atom stereocenters. The maximum atomic E-state index is 12.7. The smallest absolute Gasteiger partial charge is 0.240 e. The summed E-state index contributed by atoms with van der Waals surface area (Å²) in [5.74, 6) is 0.273. The molecule has 3 rings (SSSR count). The van der Waals surface area contributed by atoms with E-state index < -0.39 is 0 Å². The van der Waals surface area contributed by atoms with E-state index in [1.807, 2.05) is 4.90 Å². The molecule has 2 heterocycles. The zero-order valence-corrected chi connectivity index (χ0v) is 12.1. The lowest BCUT2D eigenvalue weighted by atomic mass is 9.95. The van der Waals surface area contributed by atoms with Gasteiger partial charge in [-0.2, -0.15) is 0 Å². The Balaban J connectivity index is 1.66. The summed E-state index contributed by atoms with van der Waals surface area (Å²) >= 11 is 0. The van der Waals surface area contributed by atoms with Crippen LogP contribution >= 0.6 is 0 Å². The van der Waals surface area contributed by atoms with Crippen LogP contribution in [0.25, 0.3) is 0 Å². The molecule has 4 nitrogen and oxygen atoms in total. The van der Waals surface area contributed by atoms with Gasteiger partial charge in [-0.25, -0.2) is 0 Å². The van der Waals surface area contributed by atoms with Gasteiger partial charge in [0.05, 0.1) is 6.04 Å². The van der Waals surface area contributed by atoms with Crippen LogP contribution in [-0.4, -0.2) is 55.0 Å². The molecule has 108 valence electrons. The molecule has 1 aromatic carbocycles. The van der Waals surface area contributed by atoms with Crippen molar-refractivity contribution in [2.75, 3.05) is 33.2 Å². The molecule has 0 bridgehead atoms. The summed E-state index contributed by atoms with van der Waals surface area (Å²) in [7, 11) is 2.13. The monoisotopic (exact) mass is 273 g/mol. The summed E-state index contributed by atoms with van der Waals surface area (Å²) in [5.41, 5.74) is 2.64. The molecule has 4 heteroatoms. The van der Waals surface area contributed by atoms with Crippen LogP contribution in [0.15, 0.2) is 24.3 Å². The molecule has 1 N–H and O–H groups in total. The molecule has 1 saturated heterocycles. The number of carbonyl (C=O) groups is 1. The number of hydrogen-bond donors (Lipinski definition) is 1. The van der Waals surface area contributed by atoms with Gasteiger partial charge in [0.2, 0.25) is 5.91 Å². The molecule has 1 aromatic rings. The standard InChI is InChI=1S/C16H23N3O/c1-18-7-4-8-19(10-9-18)16(20)15-11-13-5-2-3-6-14(13)12-17-15/h2-3,5-6,15,17H,4,7-12H2,1H3. The molecule has 0 radical (unpaired) electrons. The molecule has 1 fully saturated rings.